The molecule has 45 heavy (non-hydrogen) atoms. The highest BCUT2D eigenvalue weighted by molar-refractivity contribution is 6.35. The van der Waals surface area contributed by atoms with Gasteiger partial charge in [0, 0.05) is 26.5 Å². The van der Waals surface area contributed by atoms with Crippen molar-refractivity contribution in [1.29, 1.82) is 0 Å². The molecule has 1 aromatic carbocycles. The van der Waals surface area contributed by atoms with Crippen molar-refractivity contribution in [1.82, 2.24) is 10.6 Å². The molecule has 1 aromatic rings. The van der Waals surface area contributed by atoms with E-state index in [0.717, 1.165) is 11.1 Å². The predicted octanol–water partition coefficient (Wildman–Crippen LogP) is 3.28. The number of carbonyl (C=O) groups excluding carboxylic acids is 3. The number of epoxide rings is 1. The number of esters is 1. The molecule has 0 spiro atoms. The summed E-state index contributed by atoms with van der Waals surface area (Å²) in [6, 6.07) is 2.99. The topological polar surface area (TPSA) is 148 Å². The summed E-state index contributed by atoms with van der Waals surface area (Å²) in [7, 11) is 6.18. The molecule has 1 unspecified atom stereocenters. The third-order valence-electron chi connectivity index (χ3n) is 9.00. The standard InChI is InChI=1S/C32H44ClN3O9/c1-17-10-9-11-24(42-8)32(40)16-23(43-30(39)35-32)18(2)28-31(4,45-28)25(44-29(38)19(3)34-5)15-26(37)36(6)21-13-20(12-17)14-22(41-7)27(21)33/h9-11,13-14,18-19,23-25,28,34,40H,12,15-16H2,1-8H3,(H,35,39)/b11-9-,17-10+/t18-,19+,23+,24-,25-,28?,31+,32+/m1/s1. The fraction of sp³-hybridized carbons (Fsp3) is 0.594. The Morgan fingerprint density at radius 3 is 2.64 bits per heavy atom. The van der Waals surface area contributed by atoms with E-state index in [1.54, 1.807) is 46.2 Å². The largest absolute Gasteiger partial charge is 0.495 e. The van der Waals surface area contributed by atoms with E-state index in [2.05, 4.69) is 10.6 Å². The monoisotopic (exact) mass is 649 g/mol. The summed E-state index contributed by atoms with van der Waals surface area (Å²) in [5, 5.41) is 17.2. The zero-order valence-corrected chi connectivity index (χ0v) is 27.8. The molecule has 2 saturated heterocycles. The molecule has 0 aromatic heterocycles. The van der Waals surface area contributed by atoms with Crippen molar-refractivity contribution in [3.63, 3.8) is 0 Å². The Bertz CT molecular complexity index is 1370. The summed E-state index contributed by atoms with van der Waals surface area (Å²) < 4.78 is 28.8. The van der Waals surface area contributed by atoms with Gasteiger partial charge in [-0.15, -0.1) is 0 Å². The van der Waals surface area contributed by atoms with Gasteiger partial charge >= 0.3 is 12.1 Å². The second kappa shape index (κ2) is 13.7. The number of alkyl carbamates (subject to hydrolysis) is 1. The van der Waals surface area contributed by atoms with E-state index in [9.17, 15) is 19.5 Å². The molecule has 2 amide bonds. The number of ether oxygens (including phenoxy) is 5. The number of halogens is 1. The van der Waals surface area contributed by atoms with Gasteiger partial charge in [0.15, 0.2) is 5.72 Å². The lowest BCUT2D eigenvalue weighted by Crippen LogP contribution is -2.63. The quantitative estimate of drug-likeness (QED) is 0.321. The Morgan fingerprint density at radius 1 is 1.29 bits per heavy atom. The number of hydrogen-bond donors (Lipinski definition) is 3. The van der Waals surface area contributed by atoms with Gasteiger partial charge in [-0.25, -0.2) is 4.79 Å². The maximum absolute atomic E-state index is 13.8. The van der Waals surface area contributed by atoms with Crippen LogP contribution in [0.3, 0.4) is 0 Å². The molecule has 3 aliphatic rings. The maximum Gasteiger partial charge on any atom is 0.409 e. The van der Waals surface area contributed by atoms with Crippen LogP contribution in [0.2, 0.25) is 5.02 Å². The fourth-order valence-electron chi connectivity index (χ4n) is 5.97. The first-order valence-electron chi connectivity index (χ1n) is 14.9. The summed E-state index contributed by atoms with van der Waals surface area (Å²) >= 11 is 6.69. The van der Waals surface area contributed by atoms with E-state index < -0.39 is 59.8 Å². The Hall–Kier alpha value is -3.16. The molecule has 4 rings (SSSR count). The SMILES string of the molecule is CN[C@@H](C)C(=O)O[C@@H]1CC(=O)N(C)c2cc(cc(OC)c2Cl)C/C(C)=C/C=C\[C@@H](OC)[C@@]2(O)C[C@H](OC(=O)N2)[C@@H](C)C2O[C@]21C. The number of methoxy groups -OCH3 is 2. The minimum Gasteiger partial charge on any atom is -0.495 e. The number of benzene rings is 1. The lowest BCUT2D eigenvalue weighted by atomic mass is 9.83. The summed E-state index contributed by atoms with van der Waals surface area (Å²) in [4.78, 5) is 40.9. The van der Waals surface area contributed by atoms with Crippen molar-refractivity contribution in [2.24, 2.45) is 5.92 Å². The van der Waals surface area contributed by atoms with Crippen LogP contribution in [0.25, 0.3) is 0 Å². The summed E-state index contributed by atoms with van der Waals surface area (Å²) in [6.45, 7) is 7.17. The Morgan fingerprint density at radius 2 is 2.00 bits per heavy atom. The molecular formula is C32H44ClN3O9. The van der Waals surface area contributed by atoms with Crippen LogP contribution in [0.4, 0.5) is 10.5 Å². The van der Waals surface area contributed by atoms with Gasteiger partial charge in [0.05, 0.1) is 25.3 Å². The van der Waals surface area contributed by atoms with Crippen LogP contribution in [0, 0.1) is 5.92 Å². The highest BCUT2D eigenvalue weighted by atomic mass is 35.5. The van der Waals surface area contributed by atoms with Crippen LogP contribution in [0.15, 0.2) is 35.9 Å². The molecule has 2 fully saturated rings. The van der Waals surface area contributed by atoms with Crippen LogP contribution >= 0.6 is 11.6 Å². The number of carbonyl (C=O) groups is 3. The number of anilines is 1. The van der Waals surface area contributed by atoms with Crippen LogP contribution in [0.1, 0.15) is 46.1 Å². The molecule has 3 N–H and O–H groups in total. The average Bonchev–Trinajstić information content (AvgIpc) is 3.69. The number of likely N-dealkylation sites (N-methyl/N-ethyl adjacent to an activating group) is 1. The van der Waals surface area contributed by atoms with Crippen molar-refractivity contribution < 1.29 is 43.2 Å². The van der Waals surface area contributed by atoms with Crippen molar-refractivity contribution in [2.45, 2.75) is 88.7 Å². The predicted molar refractivity (Wildman–Crippen MR) is 167 cm³/mol. The first-order chi connectivity index (χ1) is 21.2. The Labute approximate surface area is 269 Å². The van der Waals surface area contributed by atoms with E-state index in [1.165, 1.54) is 19.1 Å². The number of fused-ring (bicyclic) bond motifs is 5. The van der Waals surface area contributed by atoms with Crippen molar-refractivity contribution in [3.8, 4) is 5.75 Å². The normalized spacial score (nSPS) is 34.8. The highest BCUT2D eigenvalue weighted by Crippen LogP contribution is 2.49. The lowest BCUT2D eigenvalue weighted by Gasteiger charge is -2.42. The van der Waals surface area contributed by atoms with Gasteiger partial charge in [-0.1, -0.05) is 42.3 Å². The first-order valence-corrected chi connectivity index (χ1v) is 15.3. The smallest absolute Gasteiger partial charge is 0.409 e. The van der Waals surface area contributed by atoms with Gasteiger partial charge in [-0.3, -0.25) is 14.9 Å². The van der Waals surface area contributed by atoms with Gasteiger partial charge < -0.3 is 39.0 Å². The molecule has 3 heterocycles. The summed E-state index contributed by atoms with van der Waals surface area (Å²) in [5.41, 5.74) is -0.646. The van der Waals surface area contributed by atoms with Crippen molar-refractivity contribution in [2.75, 3.05) is 33.2 Å². The zero-order chi connectivity index (χ0) is 33.3. The van der Waals surface area contributed by atoms with Gasteiger partial charge in [0.25, 0.3) is 0 Å². The molecule has 248 valence electrons. The second-order valence-electron chi connectivity index (χ2n) is 12.2. The number of allylic oxidation sites excluding steroid dienone is 3. The molecule has 8 atom stereocenters. The number of amides is 2. The maximum atomic E-state index is 13.8. The number of nitrogens with zero attached hydrogens (tertiary/aromatic N) is 1. The van der Waals surface area contributed by atoms with Crippen LogP contribution in [-0.2, 0) is 35.0 Å². The third kappa shape index (κ3) is 7.30. The summed E-state index contributed by atoms with van der Waals surface area (Å²) in [6.07, 6.45) is 1.52. The van der Waals surface area contributed by atoms with Crippen LogP contribution in [-0.4, -0.2) is 93.2 Å². The second-order valence-corrected chi connectivity index (χ2v) is 12.6. The molecule has 0 aliphatic carbocycles. The molecule has 0 radical (unpaired) electrons. The lowest BCUT2D eigenvalue weighted by molar-refractivity contribution is -0.155. The zero-order valence-electron chi connectivity index (χ0n) is 27.0. The number of nitrogens with one attached hydrogen (secondary N) is 2. The number of rotatable bonds is 5. The first kappa shape index (κ1) is 34.7. The van der Waals surface area contributed by atoms with Crippen molar-refractivity contribution >= 4 is 35.3 Å². The Kier molecular flexibility index (Phi) is 10.6. The van der Waals surface area contributed by atoms with Gasteiger partial charge in [0.2, 0.25) is 5.91 Å². The van der Waals surface area contributed by atoms with E-state index in [1.807, 2.05) is 26.0 Å². The van der Waals surface area contributed by atoms with E-state index >= 15 is 0 Å². The number of aliphatic hydroxyl groups is 1. The minimum atomic E-state index is -1.78. The average molecular weight is 650 g/mol. The van der Waals surface area contributed by atoms with E-state index in [4.69, 9.17) is 35.3 Å². The van der Waals surface area contributed by atoms with Gasteiger partial charge in [-0.05, 0) is 51.9 Å². The fourth-order valence-corrected chi connectivity index (χ4v) is 6.28. The van der Waals surface area contributed by atoms with Crippen molar-refractivity contribution in [3.05, 3.63) is 46.5 Å². The van der Waals surface area contributed by atoms with Crippen LogP contribution < -0.4 is 20.3 Å². The number of hydrogen-bond acceptors (Lipinski definition) is 10. The molecule has 13 heteroatoms. The third-order valence-corrected chi connectivity index (χ3v) is 9.38. The molecule has 0 saturated carbocycles. The van der Waals surface area contributed by atoms with Crippen LogP contribution in [0.5, 0.6) is 5.75 Å². The molecular weight excluding hydrogens is 606 g/mol. The molecule has 3 aliphatic heterocycles. The molecule has 12 nitrogen and oxygen atoms in total. The van der Waals surface area contributed by atoms with E-state index in [0.29, 0.717) is 17.9 Å². The van der Waals surface area contributed by atoms with E-state index in [-0.39, 0.29) is 23.8 Å². The van der Waals surface area contributed by atoms with Gasteiger partial charge in [-0.2, -0.15) is 0 Å². The minimum absolute atomic E-state index is 0.00553. The summed E-state index contributed by atoms with van der Waals surface area (Å²) in [5.74, 6) is -0.974. The van der Waals surface area contributed by atoms with Gasteiger partial charge in [0.1, 0.15) is 40.7 Å². The Balaban J connectivity index is 1.80. The molecule has 4 bridgehead atoms. The highest BCUT2D eigenvalue weighted by Gasteiger charge is 2.64.